The van der Waals surface area contributed by atoms with E-state index in [1.54, 1.807) is 0 Å². The predicted molar refractivity (Wildman–Crippen MR) is 81.4 cm³/mol. The summed E-state index contributed by atoms with van der Waals surface area (Å²) in [4.78, 5) is 26.8. The SMILES string of the molecule is CCCCCCN1C(=O)C(CCC)NC(=O)C1(C)CC. The number of nitrogens with zero attached hydrogens (tertiary/aromatic N) is 1. The first-order valence-corrected chi connectivity index (χ1v) is 8.13. The Bertz CT molecular complexity index is 343. The van der Waals surface area contributed by atoms with Gasteiger partial charge in [-0.3, -0.25) is 9.59 Å². The number of unbranched alkanes of at least 4 members (excludes halogenated alkanes) is 3. The topological polar surface area (TPSA) is 49.4 Å². The summed E-state index contributed by atoms with van der Waals surface area (Å²) in [6.07, 6.45) is 6.78. The zero-order valence-electron chi connectivity index (χ0n) is 13.5. The molecule has 0 radical (unpaired) electrons. The molecule has 20 heavy (non-hydrogen) atoms. The van der Waals surface area contributed by atoms with Gasteiger partial charge in [-0.1, -0.05) is 46.5 Å². The Balaban J connectivity index is 2.79. The van der Waals surface area contributed by atoms with E-state index in [4.69, 9.17) is 0 Å². The number of carbonyl (C=O) groups excluding carboxylic acids is 2. The lowest BCUT2D eigenvalue weighted by Crippen LogP contribution is -2.69. The number of rotatable bonds is 8. The van der Waals surface area contributed by atoms with Gasteiger partial charge in [0, 0.05) is 6.54 Å². The Kier molecular flexibility index (Phi) is 6.50. The molecule has 1 N–H and O–H groups in total. The van der Waals surface area contributed by atoms with Crippen LogP contribution in [0.1, 0.15) is 72.6 Å². The van der Waals surface area contributed by atoms with E-state index in [2.05, 4.69) is 12.2 Å². The first kappa shape index (κ1) is 17.0. The maximum atomic E-state index is 12.6. The second-order valence-corrected chi connectivity index (χ2v) is 5.99. The fourth-order valence-corrected chi connectivity index (χ4v) is 2.82. The summed E-state index contributed by atoms with van der Waals surface area (Å²) in [5.74, 6) is 0.112. The van der Waals surface area contributed by atoms with Crippen LogP contribution in [0.25, 0.3) is 0 Å². The molecule has 1 saturated heterocycles. The van der Waals surface area contributed by atoms with Crippen LogP contribution in [0.2, 0.25) is 0 Å². The molecule has 4 nitrogen and oxygen atoms in total. The minimum Gasteiger partial charge on any atom is -0.342 e. The molecule has 2 unspecified atom stereocenters. The summed E-state index contributed by atoms with van der Waals surface area (Å²) in [6, 6.07) is -0.321. The van der Waals surface area contributed by atoms with Crippen molar-refractivity contribution in [2.45, 2.75) is 84.2 Å². The lowest BCUT2D eigenvalue weighted by Gasteiger charge is -2.46. The van der Waals surface area contributed by atoms with Crippen LogP contribution in [0.5, 0.6) is 0 Å². The number of nitrogens with one attached hydrogen (secondary N) is 1. The van der Waals surface area contributed by atoms with Gasteiger partial charge in [0.2, 0.25) is 11.8 Å². The average Bonchev–Trinajstić information content (AvgIpc) is 2.44. The van der Waals surface area contributed by atoms with Gasteiger partial charge in [-0.25, -0.2) is 0 Å². The highest BCUT2D eigenvalue weighted by Crippen LogP contribution is 2.26. The van der Waals surface area contributed by atoms with E-state index in [0.29, 0.717) is 13.0 Å². The highest BCUT2D eigenvalue weighted by atomic mass is 16.2. The van der Waals surface area contributed by atoms with E-state index >= 15 is 0 Å². The smallest absolute Gasteiger partial charge is 0.246 e. The Hall–Kier alpha value is -1.06. The summed E-state index contributed by atoms with van der Waals surface area (Å²) >= 11 is 0. The van der Waals surface area contributed by atoms with Crippen molar-refractivity contribution in [1.29, 1.82) is 0 Å². The molecule has 1 rings (SSSR count). The van der Waals surface area contributed by atoms with Gasteiger partial charge in [0.1, 0.15) is 11.6 Å². The van der Waals surface area contributed by atoms with Crippen molar-refractivity contribution in [2.24, 2.45) is 0 Å². The van der Waals surface area contributed by atoms with E-state index < -0.39 is 5.54 Å². The Morgan fingerprint density at radius 1 is 1.10 bits per heavy atom. The van der Waals surface area contributed by atoms with Crippen molar-refractivity contribution in [3.8, 4) is 0 Å². The number of hydrogen-bond acceptors (Lipinski definition) is 2. The van der Waals surface area contributed by atoms with Crippen LogP contribution in [0.4, 0.5) is 0 Å². The van der Waals surface area contributed by atoms with Crippen LogP contribution in [0, 0.1) is 0 Å². The van der Waals surface area contributed by atoms with Crippen LogP contribution in [0.15, 0.2) is 0 Å². The lowest BCUT2D eigenvalue weighted by molar-refractivity contribution is -0.157. The molecule has 1 fully saturated rings. The maximum absolute atomic E-state index is 12.6. The van der Waals surface area contributed by atoms with Gasteiger partial charge >= 0.3 is 0 Å². The fourth-order valence-electron chi connectivity index (χ4n) is 2.82. The normalized spacial score (nSPS) is 26.8. The van der Waals surface area contributed by atoms with Crippen LogP contribution in [-0.2, 0) is 9.59 Å². The van der Waals surface area contributed by atoms with Gasteiger partial charge < -0.3 is 10.2 Å². The van der Waals surface area contributed by atoms with Gasteiger partial charge in [0.25, 0.3) is 0 Å². The molecule has 116 valence electrons. The van der Waals surface area contributed by atoms with Gasteiger partial charge in [-0.05, 0) is 26.2 Å². The summed E-state index contributed by atoms with van der Waals surface area (Å²) < 4.78 is 0. The first-order valence-electron chi connectivity index (χ1n) is 8.13. The van der Waals surface area contributed by atoms with Crippen molar-refractivity contribution >= 4 is 11.8 Å². The van der Waals surface area contributed by atoms with Crippen LogP contribution >= 0.6 is 0 Å². The number of piperazine rings is 1. The highest BCUT2D eigenvalue weighted by molar-refractivity contribution is 5.99. The Morgan fingerprint density at radius 2 is 1.80 bits per heavy atom. The molecule has 0 aromatic heterocycles. The molecule has 2 atom stereocenters. The van der Waals surface area contributed by atoms with E-state index in [1.807, 2.05) is 25.7 Å². The van der Waals surface area contributed by atoms with E-state index in [9.17, 15) is 9.59 Å². The standard InChI is InChI=1S/C16H30N2O2/c1-5-8-9-10-12-18-14(19)13(11-6-2)17-15(20)16(18,4)7-3/h13H,5-12H2,1-4H3,(H,17,20). The van der Waals surface area contributed by atoms with Crippen LogP contribution in [-0.4, -0.2) is 34.8 Å². The van der Waals surface area contributed by atoms with Crippen LogP contribution in [0.3, 0.4) is 0 Å². The molecular formula is C16H30N2O2. The molecule has 1 aliphatic heterocycles. The summed E-state index contributed by atoms with van der Waals surface area (Å²) in [5, 5.41) is 2.91. The molecular weight excluding hydrogens is 252 g/mol. The molecule has 0 aromatic carbocycles. The molecule has 1 heterocycles. The van der Waals surface area contributed by atoms with Gasteiger partial charge in [0.05, 0.1) is 0 Å². The quantitative estimate of drug-likeness (QED) is 0.696. The second kappa shape index (κ2) is 7.65. The fraction of sp³-hybridized carbons (Fsp3) is 0.875. The predicted octanol–water partition coefficient (Wildman–Crippen LogP) is 2.86. The van der Waals surface area contributed by atoms with Crippen molar-refractivity contribution in [3.05, 3.63) is 0 Å². The summed E-state index contributed by atoms with van der Waals surface area (Å²) in [6.45, 7) is 8.79. The zero-order chi connectivity index (χ0) is 15.2. The maximum Gasteiger partial charge on any atom is 0.246 e. The van der Waals surface area contributed by atoms with Crippen molar-refractivity contribution in [3.63, 3.8) is 0 Å². The second-order valence-electron chi connectivity index (χ2n) is 5.99. The molecule has 0 spiro atoms. The largest absolute Gasteiger partial charge is 0.342 e. The van der Waals surface area contributed by atoms with E-state index in [-0.39, 0.29) is 17.9 Å². The van der Waals surface area contributed by atoms with E-state index in [0.717, 1.165) is 25.7 Å². The Labute approximate surface area is 123 Å². The average molecular weight is 282 g/mol. The van der Waals surface area contributed by atoms with Gasteiger partial charge in [0.15, 0.2) is 0 Å². The van der Waals surface area contributed by atoms with Crippen molar-refractivity contribution in [2.75, 3.05) is 6.54 Å². The number of hydrogen-bond donors (Lipinski definition) is 1. The van der Waals surface area contributed by atoms with Crippen molar-refractivity contribution < 1.29 is 9.59 Å². The van der Waals surface area contributed by atoms with Crippen LogP contribution < -0.4 is 5.32 Å². The van der Waals surface area contributed by atoms with Crippen molar-refractivity contribution in [1.82, 2.24) is 10.2 Å². The summed E-state index contributed by atoms with van der Waals surface area (Å²) in [7, 11) is 0. The number of carbonyl (C=O) groups is 2. The molecule has 0 aromatic rings. The Morgan fingerprint density at radius 3 is 2.35 bits per heavy atom. The van der Waals surface area contributed by atoms with Gasteiger partial charge in [-0.15, -0.1) is 0 Å². The number of amides is 2. The molecule has 2 amide bonds. The molecule has 0 aliphatic carbocycles. The zero-order valence-corrected chi connectivity index (χ0v) is 13.5. The third kappa shape index (κ3) is 3.53. The minimum absolute atomic E-state index is 0.00791. The molecule has 0 bridgehead atoms. The highest BCUT2D eigenvalue weighted by Gasteiger charge is 2.47. The molecule has 0 saturated carbocycles. The summed E-state index contributed by atoms with van der Waals surface area (Å²) in [5.41, 5.74) is -0.673. The first-order chi connectivity index (χ1) is 9.51. The minimum atomic E-state index is -0.673. The van der Waals surface area contributed by atoms with E-state index in [1.165, 1.54) is 12.8 Å². The van der Waals surface area contributed by atoms with Gasteiger partial charge in [-0.2, -0.15) is 0 Å². The molecule has 4 heteroatoms. The third-order valence-electron chi connectivity index (χ3n) is 4.46. The third-order valence-corrected chi connectivity index (χ3v) is 4.46. The molecule has 1 aliphatic rings. The lowest BCUT2D eigenvalue weighted by atomic mass is 9.89. The monoisotopic (exact) mass is 282 g/mol.